The zero-order valence-electron chi connectivity index (χ0n) is 14.4. The molecule has 3 rings (SSSR count). The molecule has 0 spiro atoms. The Bertz CT molecular complexity index is 517. The smallest absolute Gasteiger partial charge is 0.244 e. The van der Waals surface area contributed by atoms with Gasteiger partial charge in [0, 0.05) is 38.4 Å². The van der Waals surface area contributed by atoms with E-state index < -0.39 is 0 Å². The maximum absolute atomic E-state index is 12.8. The van der Waals surface area contributed by atoms with Crippen LogP contribution in [0.25, 0.3) is 0 Å². The molecule has 0 N–H and O–H groups in total. The summed E-state index contributed by atoms with van der Waals surface area (Å²) in [6.07, 6.45) is 3.66. The van der Waals surface area contributed by atoms with E-state index in [2.05, 4.69) is 9.80 Å². The summed E-state index contributed by atoms with van der Waals surface area (Å²) >= 11 is 0. The van der Waals surface area contributed by atoms with Gasteiger partial charge in [-0.15, -0.1) is 0 Å². The summed E-state index contributed by atoms with van der Waals surface area (Å²) in [4.78, 5) is 19.5. The predicted octanol–water partition coefficient (Wildman–Crippen LogP) is 2.55. The number of carbonyl (C=O) groups is 1. The summed E-state index contributed by atoms with van der Waals surface area (Å²) in [6.45, 7) is 5.63. The molecule has 1 unspecified atom stereocenters. The van der Waals surface area contributed by atoms with E-state index in [4.69, 9.17) is 0 Å². The number of para-hydroxylation sites is 1. The summed E-state index contributed by atoms with van der Waals surface area (Å²) in [6, 6.07) is 10.0. The second kappa shape index (κ2) is 8.58. The highest BCUT2D eigenvalue weighted by molar-refractivity contribution is 5.99. The van der Waals surface area contributed by atoms with E-state index in [1.54, 1.807) is 0 Å². The van der Waals surface area contributed by atoms with Crippen molar-refractivity contribution in [2.45, 2.75) is 31.7 Å². The highest BCUT2D eigenvalue weighted by Crippen LogP contribution is 2.24. The van der Waals surface area contributed by atoms with Crippen molar-refractivity contribution < 1.29 is 9.18 Å². The molecule has 132 valence electrons. The average Bonchev–Trinajstić information content (AvgIpc) is 3.01. The van der Waals surface area contributed by atoms with Crippen LogP contribution in [0.3, 0.4) is 0 Å². The summed E-state index contributed by atoms with van der Waals surface area (Å²) in [5.41, 5.74) is 1.01. The first-order valence-corrected chi connectivity index (χ1v) is 9.18. The fourth-order valence-corrected chi connectivity index (χ4v) is 3.77. The number of halogens is 1. The second-order valence-electron chi connectivity index (χ2n) is 6.76. The van der Waals surface area contributed by atoms with E-state index in [1.165, 1.54) is 0 Å². The van der Waals surface area contributed by atoms with Crippen molar-refractivity contribution in [3.63, 3.8) is 0 Å². The van der Waals surface area contributed by atoms with Crippen LogP contribution in [0.15, 0.2) is 30.3 Å². The minimum absolute atomic E-state index is 0.0406. The van der Waals surface area contributed by atoms with Gasteiger partial charge in [-0.05, 0) is 44.4 Å². The predicted molar refractivity (Wildman–Crippen MR) is 95.0 cm³/mol. The fourth-order valence-electron chi connectivity index (χ4n) is 3.77. The molecule has 0 radical (unpaired) electrons. The van der Waals surface area contributed by atoms with Gasteiger partial charge in [-0.3, -0.25) is 14.1 Å². The third-order valence-electron chi connectivity index (χ3n) is 5.20. The summed E-state index contributed by atoms with van der Waals surface area (Å²) in [5, 5.41) is 0. The van der Waals surface area contributed by atoms with Crippen LogP contribution in [0, 0.1) is 0 Å². The average molecular weight is 333 g/mol. The zero-order chi connectivity index (χ0) is 16.8. The van der Waals surface area contributed by atoms with Gasteiger partial charge in [0.2, 0.25) is 5.91 Å². The number of nitrogens with zero attached hydrogens (tertiary/aromatic N) is 3. The quantitative estimate of drug-likeness (QED) is 0.718. The number of anilines is 1. The number of unbranched alkanes of at least 4 members (excludes halogenated alkanes) is 2. The fraction of sp³-hybridized carbons (Fsp3) is 0.632. The van der Waals surface area contributed by atoms with Gasteiger partial charge in [-0.1, -0.05) is 18.2 Å². The summed E-state index contributed by atoms with van der Waals surface area (Å²) in [7, 11) is 0. The SMILES string of the molecule is O=C1C(N2CCN(CCCCCF)CC2)CCN1c1ccccc1. The molecule has 1 atom stereocenters. The molecular weight excluding hydrogens is 305 g/mol. The molecule has 24 heavy (non-hydrogen) atoms. The van der Waals surface area contributed by atoms with E-state index in [0.717, 1.165) is 64.2 Å². The molecule has 2 aliphatic rings. The van der Waals surface area contributed by atoms with Gasteiger partial charge in [0.15, 0.2) is 0 Å². The van der Waals surface area contributed by atoms with Crippen LogP contribution < -0.4 is 4.90 Å². The molecule has 2 fully saturated rings. The Balaban J connectivity index is 1.46. The maximum Gasteiger partial charge on any atom is 0.244 e. The monoisotopic (exact) mass is 333 g/mol. The Labute approximate surface area is 144 Å². The molecule has 2 aliphatic heterocycles. The van der Waals surface area contributed by atoms with Crippen LogP contribution in [0.5, 0.6) is 0 Å². The lowest BCUT2D eigenvalue weighted by Crippen LogP contribution is -2.52. The molecule has 0 bridgehead atoms. The number of benzene rings is 1. The molecule has 2 saturated heterocycles. The highest BCUT2D eigenvalue weighted by Gasteiger charge is 2.37. The lowest BCUT2D eigenvalue weighted by atomic mass is 10.1. The lowest BCUT2D eigenvalue weighted by molar-refractivity contribution is -0.122. The van der Waals surface area contributed by atoms with E-state index >= 15 is 0 Å². The lowest BCUT2D eigenvalue weighted by Gasteiger charge is -2.37. The van der Waals surface area contributed by atoms with Gasteiger partial charge < -0.3 is 9.80 Å². The van der Waals surface area contributed by atoms with E-state index in [0.29, 0.717) is 6.42 Å². The van der Waals surface area contributed by atoms with Crippen molar-refractivity contribution in [2.75, 3.05) is 50.8 Å². The van der Waals surface area contributed by atoms with Gasteiger partial charge in [0.05, 0.1) is 12.7 Å². The third-order valence-corrected chi connectivity index (χ3v) is 5.20. The van der Waals surface area contributed by atoms with Crippen LogP contribution in [0.4, 0.5) is 10.1 Å². The molecule has 2 heterocycles. The molecule has 1 aromatic carbocycles. The van der Waals surface area contributed by atoms with Crippen molar-refractivity contribution in [1.29, 1.82) is 0 Å². The minimum atomic E-state index is -0.199. The standard InChI is InChI=1S/C19H28FN3O/c20-10-5-2-6-11-21-13-15-22(16-14-21)18-9-12-23(19(18)24)17-7-3-1-4-8-17/h1,3-4,7-8,18H,2,5-6,9-16H2. The molecular formula is C19H28FN3O. The molecule has 0 aromatic heterocycles. The van der Waals surface area contributed by atoms with Crippen LogP contribution in [-0.2, 0) is 4.79 Å². The van der Waals surface area contributed by atoms with E-state index in [-0.39, 0.29) is 18.6 Å². The number of carbonyl (C=O) groups excluding carboxylic acids is 1. The van der Waals surface area contributed by atoms with Gasteiger partial charge in [0.25, 0.3) is 0 Å². The molecule has 1 aromatic rings. The van der Waals surface area contributed by atoms with Crippen LogP contribution >= 0.6 is 0 Å². The van der Waals surface area contributed by atoms with Gasteiger partial charge in [0.1, 0.15) is 0 Å². The van der Waals surface area contributed by atoms with Crippen LogP contribution in [0.1, 0.15) is 25.7 Å². The highest BCUT2D eigenvalue weighted by atomic mass is 19.1. The van der Waals surface area contributed by atoms with E-state index in [1.807, 2.05) is 35.2 Å². The first-order chi connectivity index (χ1) is 11.8. The van der Waals surface area contributed by atoms with Gasteiger partial charge >= 0.3 is 0 Å². The second-order valence-corrected chi connectivity index (χ2v) is 6.76. The van der Waals surface area contributed by atoms with Crippen LogP contribution in [-0.4, -0.2) is 67.7 Å². The molecule has 4 nitrogen and oxygen atoms in total. The first kappa shape index (κ1) is 17.4. The number of alkyl halides is 1. The topological polar surface area (TPSA) is 26.8 Å². The van der Waals surface area contributed by atoms with Crippen LogP contribution in [0.2, 0.25) is 0 Å². The first-order valence-electron chi connectivity index (χ1n) is 9.18. The number of amides is 1. The third kappa shape index (κ3) is 4.14. The van der Waals surface area contributed by atoms with Gasteiger partial charge in [-0.25, -0.2) is 0 Å². The normalized spacial score (nSPS) is 23.1. The van der Waals surface area contributed by atoms with Crippen molar-refractivity contribution in [1.82, 2.24) is 9.80 Å². The number of hydrogen-bond donors (Lipinski definition) is 0. The Morgan fingerprint density at radius 3 is 2.42 bits per heavy atom. The zero-order valence-corrected chi connectivity index (χ0v) is 14.4. The Hall–Kier alpha value is -1.46. The Morgan fingerprint density at radius 1 is 0.958 bits per heavy atom. The van der Waals surface area contributed by atoms with Crippen molar-refractivity contribution in [2.24, 2.45) is 0 Å². The molecule has 1 amide bonds. The minimum Gasteiger partial charge on any atom is -0.311 e. The van der Waals surface area contributed by atoms with Crippen molar-refractivity contribution >= 4 is 11.6 Å². The number of piperazine rings is 1. The number of rotatable bonds is 7. The Morgan fingerprint density at radius 2 is 1.71 bits per heavy atom. The Kier molecular flexibility index (Phi) is 6.21. The molecule has 5 heteroatoms. The van der Waals surface area contributed by atoms with Crippen molar-refractivity contribution in [3.8, 4) is 0 Å². The molecule has 0 aliphatic carbocycles. The summed E-state index contributed by atoms with van der Waals surface area (Å²) < 4.78 is 12.1. The summed E-state index contributed by atoms with van der Waals surface area (Å²) in [5.74, 6) is 0.248. The molecule has 0 saturated carbocycles. The largest absolute Gasteiger partial charge is 0.311 e. The van der Waals surface area contributed by atoms with Gasteiger partial charge in [-0.2, -0.15) is 0 Å². The van der Waals surface area contributed by atoms with Crippen molar-refractivity contribution in [3.05, 3.63) is 30.3 Å². The van der Waals surface area contributed by atoms with E-state index in [9.17, 15) is 9.18 Å². The maximum atomic E-state index is 12.8. The number of hydrogen-bond acceptors (Lipinski definition) is 3.